The van der Waals surface area contributed by atoms with E-state index in [1.807, 2.05) is 18.2 Å². The maximum atomic E-state index is 12.7. The van der Waals surface area contributed by atoms with Crippen molar-refractivity contribution >= 4 is 10.0 Å². The molecule has 0 bridgehead atoms. The zero-order chi connectivity index (χ0) is 18.7. The van der Waals surface area contributed by atoms with Gasteiger partial charge < -0.3 is 9.47 Å². The quantitative estimate of drug-likeness (QED) is 0.673. The first kappa shape index (κ1) is 18.5. The molecule has 7 nitrogen and oxygen atoms in total. The molecule has 1 spiro atoms. The van der Waals surface area contributed by atoms with Gasteiger partial charge in [-0.3, -0.25) is 9.97 Å². The van der Waals surface area contributed by atoms with Crippen LogP contribution in [0.5, 0.6) is 0 Å². The molecule has 2 aromatic heterocycles. The number of hydrogen-bond donors (Lipinski definition) is 0. The fraction of sp³-hybridized carbons (Fsp3) is 0.474. The monoisotopic (exact) mass is 389 g/mol. The number of hydrogen-bond acceptors (Lipinski definition) is 6. The van der Waals surface area contributed by atoms with E-state index in [0.29, 0.717) is 38.8 Å². The molecule has 4 heterocycles. The molecule has 2 saturated heterocycles. The van der Waals surface area contributed by atoms with E-state index in [9.17, 15) is 8.42 Å². The van der Waals surface area contributed by atoms with E-state index in [2.05, 4.69) is 9.97 Å². The van der Waals surface area contributed by atoms with Gasteiger partial charge in [0.05, 0.1) is 17.9 Å². The third-order valence-corrected chi connectivity index (χ3v) is 7.12. The summed E-state index contributed by atoms with van der Waals surface area (Å²) in [5.74, 6) is 0.307. The Morgan fingerprint density at radius 2 is 2.11 bits per heavy atom. The van der Waals surface area contributed by atoms with Gasteiger partial charge >= 0.3 is 0 Å². The maximum Gasteiger partial charge on any atom is 0.244 e. The third kappa shape index (κ3) is 3.75. The molecular formula is C19H23N3O4S. The minimum absolute atomic E-state index is 0.230. The third-order valence-electron chi connectivity index (χ3n) is 5.35. The Balaban J connectivity index is 1.30. The fourth-order valence-electron chi connectivity index (χ4n) is 3.80. The standard InChI is InChI=1S/C19H23N3O4S/c23-27(24,18-5-3-8-20-12-18)22-14-19(15-22)16(7-11-26-19)6-10-25-13-17-4-1-2-9-21-17/h1-5,8-9,12,16H,6-7,10-11,13-15H2/t16-/m1/s1. The van der Waals surface area contributed by atoms with Crippen LogP contribution < -0.4 is 0 Å². The van der Waals surface area contributed by atoms with Crippen LogP contribution in [-0.4, -0.2) is 54.6 Å². The SMILES string of the molecule is O=S(=O)(c1cccnc1)N1CC2(C1)OCC[C@H]2CCOCc1ccccn1. The smallest absolute Gasteiger partial charge is 0.244 e. The molecule has 2 aliphatic rings. The van der Waals surface area contributed by atoms with Gasteiger partial charge in [-0.2, -0.15) is 4.31 Å². The summed E-state index contributed by atoms with van der Waals surface area (Å²) in [6, 6.07) is 8.97. The molecule has 1 atom stereocenters. The summed E-state index contributed by atoms with van der Waals surface area (Å²) in [6.45, 7) is 2.57. The van der Waals surface area contributed by atoms with Crippen LogP contribution in [0.3, 0.4) is 0 Å². The molecule has 4 rings (SSSR count). The molecule has 2 fully saturated rings. The summed E-state index contributed by atoms with van der Waals surface area (Å²) >= 11 is 0. The minimum atomic E-state index is -3.50. The molecule has 0 aromatic carbocycles. The summed E-state index contributed by atoms with van der Waals surface area (Å²) in [5, 5.41) is 0. The highest BCUT2D eigenvalue weighted by Gasteiger charge is 2.56. The van der Waals surface area contributed by atoms with Crippen molar-refractivity contribution in [1.29, 1.82) is 0 Å². The molecule has 2 aliphatic heterocycles. The summed E-state index contributed by atoms with van der Waals surface area (Å²) < 4.78 is 38.6. The number of aromatic nitrogens is 2. The summed E-state index contributed by atoms with van der Waals surface area (Å²) in [5.41, 5.74) is 0.538. The van der Waals surface area contributed by atoms with Crippen LogP contribution in [-0.2, 0) is 26.1 Å². The Labute approximate surface area is 159 Å². The van der Waals surface area contributed by atoms with E-state index in [-0.39, 0.29) is 10.5 Å². The van der Waals surface area contributed by atoms with Crippen molar-refractivity contribution in [3.8, 4) is 0 Å². The summed E-state index contributed by atoms with van der Waals surface area (Å²) in [4.78, 5) is 8.38. The highest BCUT2D eigenvalue weighted by atomic mass is 32.2. The van der Waals surface area contributed by atoms with E-state index in [1.54, 1.807) is 24.5 Å². The zero-order valence-electron chi connectivity index (χ0n) is 15.0. The molecule has 2 aromatic rings. The van der Waals surface area contributed by atoms with E-state index >= 15 is 0 Å². The Morgan fingerprint density at radius 3 is 2.85 bits per heavy atom. The van der Waals surface area contributed by atoms with Gasteiger partial charge in [-0.05, 0) is 43.0 Å². The largest absolute Gasteiger partial charge is 0.375 e. The number of sulfonamides is 1. The fourth-order valence-corrected chi connectivity index (χ4v) is 5.32. The average molecular weight is 389 g/mol. The first-order chi connectivity index (χ1) is 13.1. The Hall–Kier alpha value is -1.87. The van der Waals surface area contributed by atoms with Crippen LogP contribution in [0, 0.1) is 5.92 Å². The Kier molecular flexibility index (Phi) is 5.23. The molecule has 27 heavy (non-hydrogen) atoms. The van der Waals surface area contributed by atoms with Crippen LogP contribution in [0.15, 0.2) is 53.8 Å². The number of rotatable bonds is 7. The second kappa shape index (κ2) is 7.63. The van der Waals surface area contributed by atoms with Crippen LogP contribution in [0.4, 0.5) is 0 Å². The van der Waals surface area contributed by atoms with Crippen molar-refractivity contribution in [1.82, 2.24) is 14.3 Å². The van der Waals surface area contributed by atoms with Crippen molar-refractivity contribution < 1.29 is 17.9 Å². The molecule has 0 saturated carbocycles. The molecule has 0 unspecified atom stereocenters. The van der Waals surface area contributed by atoms with E-state index in [4.69, 9.17) is 9.47 Å². The first-order valence-corrected chi connectivity index (χ1v) is 10.6. The minimum Gasteiger partial charge on any atom is -0.375 e. The summed E-state index contributed by atoms with van der Waals surface area (Å²) in [7, 11) is -3.50. The lowest BCUT2D eigenvalue weighted by atomic mass is 9.80. The molecule has 144 valence electrons. The predicted octanol–water partition coefficient (Wildman–Crippen LogP) is 1.86. The van der Waals surface area contributed by atoms with Crippen molar-refractivity contribution in [2.45, 2.75) is 29.9 Å². The molecule has 0 amide bonds. The van der Waals surface area contributed by atoms with Crippen molar-refractivity contribution in [3.63, 3.8) is 0 Å². The van der Waals surface area contributed by atoms with Crippen LogP contribution >= 0.6 is 0 Å². The normalized spacial score (nSPS) is 22.0. The Bertz CT molecular complexity index is 855. The van der Waals surface area contributed by atoms with Gasteiger partial charge in [0, 0.05) is 44.9 Å². The topological polar surface area (TPSA) is 81.6 Å². The molecule has 0 radical (unpaired) electrons. The van der Waals surface area contributed by atoms with Gasteiger partial charge in [0.25, 0.3) is 0 Å². The van der Waals surface area contributed by atoms with Crippen molar-refractivity contribution in [3.05, 3.63) is 54.6 Å². The van der Waals surface area contributed by atoms with Crippen LogP contribution in [0.25, 0.3) is 0 Å². The van der Waals surface area contributed by atoms with E-state index in [1.165, 1.54) is 10.5 Å². The lowest BCUT2D eigenvalue weighted by Gasteiger charge is -2.49. The molecule has 8 heteroatoms. The van der Waals surface area contributed by atoms with Gasteiger partial charge in [-0.25, -0.2) is 8.42 Å². The van der Waals surface area contributed by atoms with E-state index in [0.717, 1.165) is 18.5 Å². The van der Waals surface area contributed by atoms with Crippen molar-refractivity contribution in [2.24, 2.45) is 5.92 Å². The highest BCUT2D eigenvalue weighted by Crippen LogP contribution is 2.43. The summed E-state index contributed by atoms with van der Waals surface area (Å²) in [6.07, 6.45) is 6.50. The van der Waals surface area contributed by atoms with Crippen molar-refractivity contribution in [2.75, 3.05) is 26.3 Å². The molecule has 0 aliphatic carbocycles. The molecular weight excluding hydrogens is 366 g/mol. The zero-order valence-corrected chi connectivity index (χ0v) is 15.8. The lowest BCUT2D eigenvalue weighted by Crippen LogP contribution is -2.65. The second-order valence-electron chi connectivity index (χ2n) is 7.02. The average Bonchev–Trinajstić information content (AvgIpc) is 3.10. The number of ether oxygens (including phenoxy) is 2. The Morgan fingerprint density at radius 1 is 1.22 bits per heavy atom. The molecule has 0 N–H and O–H groups in total. The predicted molar refractivity (Wildman–Crippen MR) is 98.3 cm³/mol. The van der Waals surface area contributed by atoms with Gasteiger partial charge in [-0.15, -0.1) is 0 Å². The van der Waals surface area contributed by atoms with Gasteiger partial charge in [0.15, 0.2) is 0 Å². The maximum absolute atomic E-state index is 12.7. The first-order valence-electron chi connectivity index (χ1n) is 9.12. The van der Waals surface area contributed by atoms with E-state index < -0.39 is 10.0 Å². The highest BCUT2D eigenvalue weighted by molar-refractivity contribution is 7.89. The number of nitrogens with zero attached hydrogens (tertiary/aromatic N) is 3. The van der Waals surface area contributed by atoms with Gasteiger partial charge in [-0.1, -0.05) is 6.07 Å². The lowest BCUT2D eigenvalue weighted by molar-refractivity contribution is -0.106. The van der Waals surface area contributed by atoms with Crippen LogP contribution in [0.2, 0.25) is 0 Å². The van der Waals surface area contributed by atoms with Gasteiger partial charge in [0.1, 0.15) is 4.90 Å². The number of pyridine rings is 2. The van der Waals surface area contributed by atoms with Crippen LogP contribution in [0.1, 0.15) is 18.5 Å². The van der Waals surface area contributed by atoms with Gasteiger partial charge in [0.2, 0.25) is 10.0 Å². The second-order valence-corrected chi connectivity index (χ2v) is 8.96.